The number of oxazole rings is 1. The van der Waals surface area contributed by atoms with Crippen LogP contribution in [0.5, 0.6) is 0 Å². The summed E-state index contributed by atoms with van der Waals surface area (Å²) < 4.78 is 5.09. The lowest BCUT2D eigenvalue weighted by Crippen LogP contribution is -2.16. The number of rotatable bonds is 4. The molecule has 0 aliphatic carbocycles. The molecule has 17 heavy (non-hydrogen) atoms. The number of hydrogen-bond acceptors (Lipinski definition) is 4. The maximum absolute atomic E-state index is 11.8. The molecule has 0 bridgehead atoms. The maximum Gasteiger partial charge on any atom is 0.228 e. The summed E-state index contributed by atoms with van der Waals surface area (Å²) in [5, 5.41) is 0. The highest BCUT2D eigenvalue weighted by Gasteiger charge is 2.18. The first kappa shape index (κ1) is 11.5. The minimum Gasteiger partial charge on any atom is -0.443 e. The quantitative estimate of drug-likeness (QED) is 0.599. The smallest absolute Gasteiger partial charge is 0.228 e. The molecule has 1 heterocycles. The van der Waals surface area contributed by atoms with Gasteiger partial charge in [0.1, 0.15) is 5.52 Å². The van der Waals surface area contributed by atoms with Gasteiger partial charge in [-0.05, 0) is 24.1 Å². The molecule has 1 aromatic carbocycles. The first-order valence-electron chi connectivity index (χ1n) is 5.48. The molecule has 2 aromatic rings. The Bertz CT molecular complexity index is 569. The second-order valence-electron chi connectivity index (χ2n) is 4.39. The van der Waals surface area contributed by atoms with E-state index in [1.807, 2.05) is 13.8 Å². The molecule has 0 aliphatic rings. The molecular weight excluding hydrogens is 218 g/mol. The van der Waals surface area contributed by atoms with Gasteiger partial charge in [0.25, 0.3) is 0 Å². The van der Waals surface area contributed by atoms with E-state index in [9.17, 15) is 9.59 Å². The number of hydrogen-bond donors (Lipinski definition) is 0. The topological polar surface area (TPSA) is 60.2 Å². The first-order valence-corrected chi connectivity index (χ1v) is 5.48. The molecule has 0 radical (unpaired) electrons. The van der Waals surface area contributed by atoms with Gasteiger partial charge < -0.3 is 4.42 Å². The maximum atomic E-state index is 11.8. The molecule has 0 N–H and O–H groups in total. The number of benzene rings is 1. The van der Waals surface area contributed by atoms with E-state index in [0.29, 0.717) is 16.7 Å². The number of carbonyl (C=O) groups is 2. The van der Waals surface area contributed by atoms with Crippen molar-refractivity contribution >= 4 is 22.7 Å². The van der Waals surface area contributed by atoms with E-state index in [1.54, 1.807) is 18.2 Å². The van der Waals surface area contributed by atoms with Gasteiger partial charge in [0.05, 0.1) is 0 Å². The van der Waals surface area contributed by atoms with Gasteiger partial charge in [-0.1, -0.05) is 13.8 Å². The molecule has 1 aromatic heterocycles. The van der Waals surface area contributed by atoms with E-state index in [4.69, 9.17) is 4.42 Å². The predicted molar refractivity (Wildman–Crippen MR) is 62.8 cm³/mol. The SMILES string of the molecule is CC(C)CC(=O)C(=O)c1ccc2ncoc2c1. The standard InChI is InChI=1S/C13H13NO3/c1-8(2)5-11(15)13(16)9-3-4-10-12(6-9)17-7-14-10/h3-4,6-8H,5H2,1-2H3. The number of Topliss-reactive ketones (excluding diaryl/α,β-unsaturated/α-hetero) is 2. The van der Waals surface area contributed by atoms with Crippen LogP contribution in [0.25, 0.3) is 11.1 Å². The van der Waals surface area contributed by atoms with E-state index in [-0.39, 0.29) is 18.1 Å². The van der Waals surface area contributed by atoms with E-state index in [2.05, 4.69) is 4.98 Å². The zero-order valence-corrected chi connectivity index (χ0v) is 9.77. The highest BCUT2D eigenvalue weighted by molar-refractivity contribution is 6.43. The van der Waals surface area contributed by atoms with Crippen LogP contribution in [0, 0.1) is 5.92 Å². The normalized spacial score (nSPS) is 11.0. The molecule has 0 spiro atoms. The monoisotopic (exact) mass is 231 g/mol. The van der Waals surface area contributed by atoms with E-state index in [0.717, 1.165) is 0 Å². The van der Waals surface area contributed by atoms with Gasteiger partial charge in [0.2, 0.25) is 11.6 Å². The molecule has 0 aliphatic heterocycles. The van der Waals surface area contributed by atoms with Crippen molar-refractivity contribution < 1.29 is 14.0 Å². The fourth-order valence-corrected chi connectivity index (χ4v) is 1.62. The fourth-order valence-electron chi connectivity index (χ4n) is 1.62. The van der Waals surface area contributed by atoms with Crippen LogP contribution in [0.1, 0.15) is 30.6 Å². The Morgan fingerprint density at radius 1 is 1.35 bits per heavy atom. The summed E-state index contributed by atoms with van der Waals surface area (Å²) >= 11 is 0. The lowest BCUT2D eigenvalue weighted by atomic mass is 10.00. The molecule has 0 saturated carbocycles. The van der Waals surface area contributed by atoms with Crippen LogP contribution < -0.4 is 0 Å². The van der Waals surface area contributed by atoms with E-state index in [1.165, 1.54) is 6.39 Å². The third-order valence-electron chi connectivity index (χ3n) is 2.44. The van der Waals surface area contributed by atoms with E-state index < -0.39 is 5.78 Å². The molecule has 4 heteroatoms. The number of carbonyl (C=O) groups excluding carboxylic acids is 2. The van der Waals surface area contributed by atoms with Crippen molar-refractivity contribution in [3.8, 4) is 0 Å². The molecule has 0 fully saturated rings. The van der Waals surface area contributed by atoms with Crippen molar-refractivity contribution in [3.05, 3.63) is 30.2 Å². The molecule has 0 atom stereocenters. The molecule has 88 valence electrons. The zero-order chi connectivity index (χ0) is 12.4. The largest absolute Gasteiger partial charge is 0.443 e. The summed E-state index contributed by atoms with van der Waals surface area (Å²) in [6, 6.07) is 4.84. The summed E-state index contributed by atoms with van der Waals surface area (Å²) in [5.41, 5.74) is 1.56. The third-order valence-corrected chi connectivity index (χ3v) is 2.44. The Hall–Kier alpha value is -1.97. The molecule has 4 nitrogen and oxygen atoms in total. The predicted octanol–water partition coefficient (Wildman–Crippen LogP) is 2.63. The number of nitrogens with zero attached hydrogens (tertiary/aromatic N) is 1. The summed E-state index contributed by atoms with van der Waals surface area (Å²) in [6.07, 6.45) is 1.59. The van der Waals surface area contributed by atoms with Gasteiger partial charge in [-0.15, -0.1) is 0 Å². The van der Waals surface area contributed by atoms with Gasteiger partial charge in [-0.3, -0.25) is 9.59 Å². The Morgan fingerprint density at radius 2 is 2.12 bits per heavy atom. The first-order chi connectivity index (χ1) is 8.08. The van der Waals surface area contributed by atoms with Crippen molar-refractivity contribution in [3.63, 3.8) is 0 Å². The Kier molecular flexibility index (Phi) is 3.04. The average molecular weight is 231 g/mol. The van der Waals surface area contributed by atoms with Gasteiger partial charge >= 0.3 is 0 Å². The second-order valence-corrected chi connectivity index (χ2v) is 4.39. The lowest BCUT2D eigenvalue weighted by molar-refractivity contribution is -0.115. The Morgan fingerprint density at radius 3 is 2.82 bits per heavy atom. The van der Waals surface area contributed by atoms with Crippen molar-refractivity contribution in [1.29, 1.82) is 0 Å². The van der Waals surface area contributed by atoms with Gasteiger partial charge in [-0.2, -0.15) is 0 Å². The summed E-state index contributed by atoms with van der Waals surface area (Å²) in [4.78, 5) is 27.4. The Balaban J connectivity index is 2.26. The molecular formula is C13H13NO3. The summed E-state index contributed by atoms with van der Waals surface area (Å²) in [6.45, 7) is 3.82. The van der Waals surface area contributed by atoms with Gasteiger partial charge in [0.15, 0.2) is 12.0 Å². The number of aromatic nitrogens is 1. The van der Waals surface area contributed by atoms with Crippen LogP contribution in [0.3, 0.4) is 0 Å². The van der Waals surface area contributed by atoms with Gasteiger partial charge in [0, 0.05) is 12.0 Å². The number of ketones is 2. The molecule has 0 unspecified atom stereocenters. The van der Waals surface area contributed by atoms with Crippen molar-refractivity contribution in [2.45, 2.75) is 20.3 Å². The van der Waals surface area contributed by atoms with Crippen LogP contribution in [0.4, 0.5) is 0 Å². The highest BCUT2D eigenvalue weighted by atomic mass is 16.3. The fraction of sp³-hybridized carbons (Fsp3) is 0.308. The average Bonchev–Trinajstić information content (AvgIpc) is 2.73. The van der Waals surface area contributed by atoms with Crippen LogP contribution >= 0.6 is 0 Å². The van der Waals surface area contributed by atoms with Crippen LogP contribution in [-0.4, -0.2) is 16.6 Å². The van der Waals surface area contributed by atoms with Crippen molar-refractivity contribution in [1.82, 2.24) is 4.98 Å². The van der Waals surface area contributed by atoms with Crippen LogP contribution in [0.15, 0.2) is 29.0 Å². The van der Waals surface area contributed by atoms with Crippen LogP contribution in [0.2, 0.25) is 0 Å². The molecule has 0 amide bonds. The minimum absolute atomic E-state index is 0.181. The van der Waals surface area contributed by atoms with Crippen molar-refractivity contribution in [2.75, 3.05) is 0 Å². The molecule has 0 saturated heterocycles. The van der Waals surface area contributed by atoms with E-state index >= 15 is 0 Å². The third kappa shape index (κ3) is 2.41. The number of fused-ring (bicyclic) bond motifs is 1. The van der Waals surface area contributed by atoms with Gasteiger partial charge in [-0.25, -0.2) is 4.98 Å². The zero-order valence-electron chi connectivity index (χ0n) is 9.77. The van der Waals surface area contributed by atoms with Crippen LogP contribution in [-0.2, 0) is 4.79 Å². The van der Waals surface area contributed by atoms with Crippen molar-refractivity contribution in [2.24, 2.45) is 5.92 Å². The summed E-state index contributed by atoms with van der Waals surface area (Å²) in [5.74, 6) is -0.642. The highest BCUT2D eigenvalue weighted by Crippen LogP contribution is 2.15. The Labute approximate surface area is 98.6 Å². The minimum atomic E-state index is -0.461. The summed E-state index contributed by atoms with van der Waals surface area (Å²) in [7, 11) is 0. The lowest BCUT2D eigenvalue weighted by Gasteiger charge is -2.02. The second kappa shape index (κ2) is 4.49. The molecule has 2 rings (SSSR count).